The molecule has 100 valence electrons. The second kappa shape index (κ2) is 6.34. The van der Waals surface area contributed by atoms with Gasteiger partial charge in [-0.3, -0.25) is 0 Å². The van der Waals surface area contributed by atoms with E-state index in [0.29, 0.717) is 5.75 Å². The molecule has 0 bridgehead atoms. The third kappa shape index (κ3) is 3.19. The summed E-state index contributed by atoms with van der Waals surface area (Å²) in [5.74, 6) is -0.820. The Kier molecular flexibility index (Phi) is 5.08. The molecule has 5 N–H and O–H groups in total. The summed E-state index contributed by atoms with van der Waals surface area (Å²) in [6, 6.07) is 4.25. The highest BCUT2D eigenvalue weighted by molar-refractivity contribution is 5.90. The Balaban J connectivity index is 3.10. The predicted octanol–water partition coefficient (Wildman–Crippen LogP) is 0.137. The van der Waals surface area contributed by atoms with Crippen molar-refractivity contribution in [2.24, 2.45) is 5.73 Å². The summed E-state index contributed by atoms with van der Waals surface area (Å²) in [6.45, 7) is 0.205. The van der Waals surface area contributed by atoms with Crippen molar-refractivity contribution in [1.29, 1.82) is 0 Å². The Labute approximate surface area is 105 Å². The van der Waals surface area contributed by atoms with Crippen LogP contribution in [-0.4, -0.2) is 41.0 Å². The van der Waals surface area contributed by atoms with Crippen LogP contribution in [0.25, 0.3) is 0 Å². The van der Waals surface area contributed by atoms with E-state index >= 15 is 0 Å². The molecule has 18 heavy (non-hydrogen) atoms. The average Bonchev–Trinajstić information content (AvgIpc) is 2.37. The first kappa shape index (κ1) is 14.4. The number of ether oxygens (including phenoxy) is 1. The van der Waals surface area contributed by atoms with E-state index in [4.69, 9.17) is 15.6 Å². The zero-order valence-corrected chi connectivity index (χ0v) is 10.0. The van der Waals surface area contributed by atoms with Crippen LogP contribution in [0.3, 0.4) is 0 Å². The first-order valence-corrected chi connectivity index (χ1v) is 5.48. The Morgan fingerprint density at radius 2 is 2.11 bits per heavy atom. The monoisotopic (exact) mass is 255 g/mol. The van der Waals surface area contributed by atoms with Crippen LogP contribution in [0.15, 0.2) is 18.2 Å². The van der Waals surface area contributed by atoms with E-state index in [9.17, 15) is 15.0 Å². The van der Waals surface area contributed by atoms with E-state index in [-0.39, 0.29) is 24.1 Å². The molecule has 2 unspecified atom stereocenters. The number of carboxylic acid groups (broad SMARTS) is 1. The molecule has 0 saturated heterocycles. The molecule has 1 rings (SSSR count). The molecule has 2 atom stereocenters. The predicted molar refractivity (Wildman–Crippen MR) is 64.6 cm³/mol. The molecule has 0 aromatic heterocycles. The van der Waals surface area contributed by atoms with Crippen molar-refractivity contribution in [3.8, 4) is 5.75 Å². The highest BCUT2D eigenvalue weighted by atomic mass is 16.5. The number of carbonyl (C=O) groups is 1. The highest BCUT2D eigenvalue weighted by Gasteiger charge is 2.23. The van der Waals surface area contributed by atoms with Gasteiger partial charge >= 0.3 is 5.97 Å². The number of benzene rings is 1. The summed E-state index contributed by atoms with van der Waals surface area (Å²) in [4.78, 5) is 11.1. The number of rotatable bonds is 6. The van der Waals surface area contributed by atoms with Crippen LogP contribution in [0.4, 0.5) is 0 Å². The topological polar surface area (TPSA) is 113 Å². The van der Waals surface area contributed by atoms with Crippen molar-refractivity contribution < 1.29 is 24.9 Å². The van der Waals surface area contributed by atoms with Gasteiger partial charge in [0.05, 0.1) is 18.8 Å². The van der Waals surface area contributed by atoms with E-state index in [1.807, 2.05) is 0 Å². The zero-order chi connectivity index (χ0) is 13.7. The maximum absolute atomic E-state index is 11.1. The molecule has 0 saturated carbocycles. The van der Waals surface area contributed by atoms with Crippen molar-refractivity contribution in [2.45, 2.75) is 18.6 Å². The van der Waals surface area contributed by atoms with Crippen molar-refractivity contribution in [3.05, 3.63) is 29.3 Å². The fourth-order valence-electron chi connectivity index (χ4n) is 1.64. The van der Waals surface area contributed by atoms with Gasteiger partial charge in [-0.1, -0.05) is 6.07 Å². The van der Waals surface area contributed by atoms with Gasteiger partial charge in [-0.05, 0) is 30.7 Å². The fourth-order valence-corrected chi connectivity index (χ4v) is 1.64. The molecule has 0 aliphatic heterocycles. The van der Waals surface area contributed by atoms with Crippen LogP contribution in [0.1, 0.15) is 28.4 Å². The normalized spacial score (nSPS) is 14.0. The minimum absolute atomic E-state index is 0.0991. The lowest BCUT2D eigenvalue weighted by atomic mass is 9.97. The molecule has 0 fully saturated rings. The molecule has 6 heteroatoms. The molecule has 1 aromatic carbocycles. The van der Waals surface area contributed by atoms with Gasteiger partial charge in [-0.25, -0.2) is 4.79 Å². The SMILES string of the molecule is COc1ccc(C(O)C(O)CCN)c(C(=O)O)c1. The Morgan fingerprint density at radius 3 is 2.61 bits per heavy atom. The summed E-state index contributed by atoms with van der Waals surface area (Å²) in [5.41, 5.74) is 5.33. The highest BCUT2D eigenvalue weighted by Crippen LogP contribution is 2.26. The molecule has 0 amide bonds. The Hall–Kier alpha value is -1.63. The third-order valence-electron chi connectivity index (χ3n) is 2.64. The van der Waals surface area contributed by atoms with Crippen molar-refractivity contribution >= 4 is 5.97 Å². The first-order chi connectivity index (χ1) is 8.51. The van der Waals surface area contributed by atoms with Gasteiger partial charge in [-0.2, -0.15) is 0 Å². The summed E-state index contributed by atoms with van der Waals surface area (Å²) in [6.07, 6.45) is -2.20. The number of aromatic carboxylic acids is 1. The number of hydrogen-bond donors (Lipinski definition) is 4. The number of aliphatic hydroxyl groups is 2. The van der Waals surface area contributed by atoms with Gasteiger partial charge in [-0.15, -0.1) is 0 Å². The van der Waals surface area contributed by atoms with Crippen LogP contribution in [0.2, 0.25) is 0 Å². The summed E-state index contributed by atoms with van der Waals surface area (Å²) < 4.78 is 4.92. The van der Waals surface area contributed by atoms with Gasteiger partial charge in [0.2, 0.25) is 0 Å². The lowest BCUT2D eigenvalue weighted by Gasteiger charge is -2.19. The maximum atomic E-state index is 11.1. The average molecular weight is 255 g/mol. The van der Waals surface area contributed by atoms with Gasteiger partial charge in [0.15, 0.2) is 0 Å². The van der Waals surface area contributed by atoms with Gasteiger partial charge in [0.1, 0.15) is 11.9 Å². The maximum Gasteiger partial charge on any atom is 0.336 e. The van der Waals surface area contributed by atoms with E-state index in [0.717, 1.165) is 0 Å². The molecule has 0 aliphatic rings. The van der Waals surface area contributed by atoms with Gasteiger partial charge < -0.3 is 25.8 Å². The standard InChI is InChI=1S/C12H17NO5/c1-18-7-2-3-8(9(6-7)12(16)17)11(15)10(14)4-5-13/h2-3,6,10-11,14-15H,4-5,13H2,1H3,(H,16,17). The molecule has 0 radical (unpaired) electrons. The minimum Gasteiger partial charge on any atom is -0.497 e. The van der Waals surface area contributed by atoms with Crippen LogP contribution in [0.5, 0.6) is 5.75 Å². The van der Waals surface area contributed by atoms with Crippen molar-refractivity contribution in [3.63, 3.8) is 0 Å². The van der Waals surface area contributed by atoms with E-state index < -0.39 is 18.2 Å². The second-order valence-electron chi connectivity index (χ2n) is 3.85. The van der Waals surface area contributed by atoms with E-state index in [2.05, 4.69) is 0 Å². The number of methoxy groups -OCH3 is 1. The molecular formula is C12H17NO5. The Morgan fingerprint density at radius 1 is 1.44 bits per heavy atom. The van der Waals surface area contributed by atoms with Gasteiger partial charge in [0, 0.05) is 0 Å². The quantitative estimate of drug-likeness (QED) is 0.575. The smallest absolute Gasteiger partial charge is 0.336 e. The molecule has 0 spiro atoms. The molecule has 0 aliphatic carbocycles. The Bertz CT molecular complexity index is 421. The van der Waals surface area contributed by atoms with Crippen LogP contribution >= 0.6 is 0 Å². The fraction of sp³-hybridized carbons (Fsp3) is 0.417. The number of aliphatic hydroxyl groups excluding tert-OH is 2. The molecule has 6 nitrogen and oxygen atoms in total. The lowest BCUT2D eigenvalue weighted by Crippen LogP contribution is -2.23. The van der Waals surface area contributed by atoms with Crippen LogP contribution in [-0.2, 0) is 0 Å². The van der Waals surface area contributed by atoms with Crippen molar-refractivity contribution in [2.75, 3.05) is 13.7 Å². The van der Waals surface area contributed by atoms with Crippen LogP contribution in [0, 0.1) is 0 Å². The van der Waals surface area contributed by atoms with E-state index in [1.165, 1.54) is 25.3 Å². The lowest BCUT2D eigenvalue weighted by molar-refractivity contribution is 0.0140. The van der Waals surface area contributed by atoms with E-state index in [1.54, 1.807) is 0 Å². The van der Waals surface area contributed by atoms with Gasteiger partial charge in [0.25, 0.3) is 0 Å². The first-order valence-electron chi connectivity index (χ1n) is 5.48. The molecule has 1 aromatic rings. The van der Waals surface area contributed by atoms with Crippen molar-refractivity contribution in [1.82, 2.24) is 0 Å². The molecule has 0 heterocycles. The summed E-state index contributed by atoms with van der Waals surface area (Å²) >= 11 is 0. The zero-order valence-electron chi connectivity index (χ0n) is 10.0. The third-order valence-corrected chi connectivity index (χ3v) is 2.64. The summed E-state index contributed by atoms with van der Waals surface area (Å²) in [5, 5.41) is 28.6. The number of nitrogens with two attached hydrogens (primary N) is 1. The summed E-state index contributed by atoms with van der Waals surface area (Å²) in [7, 11) is 1.42. The second-order valence-corrected chi connectivity index (χ2v) is 3.85. The minimum atomic E-state index is -1.29. The van der Waals surface area contributed by atoms with Crippen LogP contribution < -0.4 is 10.5 Å². The number of carboxylic acids is 1. The largest absolute Gasteiger partial charge is 0.497 e. The molecular weight excluding hydrogens is 238 g/mol. The number of hydrogen-bond acceptors (Lipinski definition) is 5.